The lowest BCUT2D eigenvalue weighted by Crippen LogP contribution is -2.56. The minimum Gasteiger partial charge on any atom is -0.479 e. The van der Waals surface area contributed by atoms with E-state index in [0.717, 1.165) is 6.42 Å². The van der Waals surface area contributed by atoms with Crippen LogP contribution in [0.4, 0.5) is 0 Å². The maximum Gasteiger partial charge on any atom is 0.337 e. The second kappa shape index (κ2) is 6.48. The van der Waals surface area contributed by atoms with Crippen LogP contribution in [-0.2, 0) is 14.3 Å². The molecule has 0 heterocycles. The monoisotopic (exact) mass is 231 g/mol. The van der Waals surface area contributed by atoms with Crippen molar-refractivity contribution in [3.63, 3.8) is 0 Å². The van der Waals surface area contributed by atoms with Crippen LogP contribution in [0.25, 0.3) is 0 Å². The number of rotatable bonds is 7. The quantitative estimate of drug-likeness (QED) is 0.390. The predicted octanol–water partition coefficient (Wildman–Crippen LogP) is 1.16. The Morgan fingerprint density at radius 1 is 1.44 bits per heavy atom. The fraction of sp³-hybridized carbons (Fsp3) is 0.818. The van der Waals surface area contributed by atoms with Gasteiger partial charge in [-0.3, -0.25) is 0 Å². The highest BCUT2D eigenvalue weighted by Gasteiger charge is 2.44. The zero-order valence-corrected chi connectivity index (χ0v) is 10.2. The summed E-state index contributed by atoms with van der Waals surface area (Å²) in [7, 11) is 0. The molecule has 0 fully saturated rings. The van der Waals surface area contributed by atoms with E-state index in [1.807, 2.05) is 20.8 Å². The zero-order chi connectivity index (χ0) is 12.8. The molecule has 1 atom stereocenters. The van der Waals surface area contributed by atoms with Gasteiger partial charge in [0.05, 0.1) is 6.61 Å². The summed E-state index contributed by atoms with van der Waals surface area (Å²) in [6.45, 7) is 5.79. The van der Waals surface area contributed by atoms with E-state index in [1.165, 1.54) is 0 Å². The van der Waals surface area contributed by atoms with Gasteiger partial charge < -0.3 is 15.6 Å². The Labute approximate surface area is 96.0 Å². The number of esters is 1. The van der Waals surface area contributed by atoms with Crippen LogP contribution in [0.1, 0.15) is 40.0 Å². The van der Waals surface area contributed by atoms with Crippen molar-refractivity contribution in [2.75, 3.05) is 6.61 Å². The van der Waals surface area contributed by atoms with Gasteiger partial charge in [-0.05, 0) is 18.8 Å². The van der Waals surface area contributed by atoms with Gasteiger partial charge in [0.25, 0.3) is 0 Å². The minimum absolute atomic E-state index is 0.0137. The van der Waals surface area contributed by atoms with Crippen molar-refractivity contribution >= 4 is 11.9 Å². The Kier molecular flexibility index (Phi) is 6.03. The topological polar surface area (TPSA) is 89.6 Å². The van der Waals surface area contributed by atoms with Gasteiger partial charge in [-0.1, -0.05) is 27.2 Å². The largest absolute Gasteiger partial charge is 0.479 e. The number of aliphatic carboxylic acids is 1. The van der Waals surface area contributed by atoms with E-state index in [2.05, 4.69) is 0 Å². The fourth-order valence-corrected chi connectivity index (χ4v) is 1.34. The molecule has 0 aliphatic rings. The van der Waals surface area contributed by atoms with Gasteiger partial charge in [0, 0.05) is 0 Å². The van der Waals surface area contributed by atoms with Gasteiger partial charge >= 0.3 is 11.9 Å². The molecule has 0 spiro atoms. The molecule has 0 saturated heterocycles. The van der Waals surface area contributed by atoms with Gasteiger partial charge in [0.1, 0.15) is 0 Å². The molecule has 16 heavy (non-hydrogen) atoms. The van der Waals surface area contributed by atoms with Crippen LogP contribution < -0.4 is 5.73 Å². The lowest BCUT2D eigenvalue weighted by atomic mass is 9.90. The van der Waals surface area contributed by atoms with Crippen LogP contribution in [0.2, 0.25) is 0 Å². The van der Waals surface area contributed by atoms with Crippen LogP contribution in [-0.4, -0.2) is 29.2 Å². The number of carboxylic acid groups (broad SMARTS) is 1. The minimum atomic E-state index is -1.91. The number of carbonyl (C=O) groups excluding carboxylic acids is 1. The SMILES string of the molecule is CCCCOC(=O)C(N)(CC(C)C)C(=O)O. The third-order valence-corrected chi connectivity index (χ3v) is 2.21. The molecule has 0 aliphatic heterocycles. The molecule has 5 nitrogen and oxygen atoms in total. The number of hydrogen-bond donors (Lipinski definition) is 2. The molecule has 3 N–H and O–H groups in total. The van der Waals surface area contributed by atoms with Crippen molar-refractivity contribution in [3.8, 4) is 0 Å². The van der Waals surface area contributed by atoms with Crippen LogP contribution in [0.3, 0.4) is 0 Å². The average molecular weight is 231 g/mol. The lowest BCUT2D eigenvalue weighted by Gasteiger charge is -2.24. The van der Waals surface area contributed by atoms with Crippen molar-refractivity contribution in [1.82, 2.24) is 0 Å². The van der Waals surface area contributed by atoms with E-state index in [9.17, 15) is 9.59 Å². The standard InChI is InChI=1S/C11H21NO4/c1-4-5-6-16-10(15)11(12,9(13)14)7-8(2)3/h8H,4-7,12H2,1-3H3,(H,13,14). The lowest BCUT2D eigenvalue weighted by molar-refractivity contribution is -0.162. The molecule has 0 saturated carbocycles. The second-order valence-electron chi connectivity index (χ2n) is 4.36. The number of carbonyl (C=O) groups is 2. The summed E-state index contributed by atoms with van der Waals surface area (Å²) in [5, 5.41) is 8.98. The summed E-state index contributed by atoms with van der Waals surface area (Å²) in [5.41, 5.74) is 3.68. The Hall–Kier alpha value is -1.10. The third-order valence-electron chi connectivity index (χ3n) is 2.21. The number of hydrogen-bond acceptors (Lipinski definition) is 4. The molecule has 5 heteroatoms. The van der Waals surface area contributed by atoms with E-state index >= 15 is 0 Å². The summed E-state index contributed by atoms with van der Waals surface area (Å²) >= 11 is 0. The van der Waals surface area contributed by atoms with E-state index in [0.29, 0.717) is 6.42 Å². The van der Waals surface area contributed by atoms with Crippen molar-refractivity contribution in [2.24, 2.45) is 11.7 Å². The normalized spacial score (nSPS) is 14.6. The Morgan fingerprint density at radius 3 is 2.38 bits per heavy atom. The highest BCUT2D eigenvalue weighted by atomic mass is 16.5. The molecule has 0 amide bonds. The maximum absolute atomic E-state index is 11.6. The molecule has 1 unspecified atom stereocenters. The van der Waals surface area contributed by atoms with Crippen molar-refractivity contribution < 1.29 is 19.4 Å². The first-order chi connectivity index (χ1) is 7.34. The van der Waals surface area contributed by atoms with Crippen molar-refractivity contribution in [3.05, 3.63) is 0 Å². The molecule has 0 rings (SSSR count). The zero-order valence-electron chi connectivity index (χ0n) is 10.2. The smallest absolute Gasteiger partial charge is 0.337 e. The van der Waals surface area contributed by atoms with E-state index in [-0.39, 0.29) is 18.9 Å². The Bertz CT molecular complexity index is 252. The number of unbranched alkanes of at least 4 members (excludes halogenated alkanes) is 1. The average Bonchev–Trinajstić information content (AvgIpc) is 2.16. The van der Waals surface area contributed by atoms with Crippen LogP contribution >= 0.6 is 0 Å². The molecule has 0 aromatic rings. The molecule has 0 aromatic carbocycles. The van der Waals surface area contributed by atoms with Gasteiger partial charge in [-0.15, -0.1) is 0 Å². The number of carboxylic acids is 1. The summed E-state index contributed by atoms with van der Waals surface area (Å²) < 4.78 is 4.86. The Morgan fingerprint density at radius 2 is 2.00 bits per heavy atom. The fourth-order valence-electron chi connectivity index (χ4n) is 1.34. The van der Waals surface area contributed by atoms with E-state index in [4.69, 9.17) is 15.6 Å². The first-order valence-corrected chi connectivity index (χ1v) is 5.54. The molecule has 0 radical (unpaired) electrons. The van der Waals surface area contributed by atoms with Crippen molar-refractivity contribution in [2.45, 2.75) is 45.6 Å². The molecule has 0 aliphatic carbocycles. The summed E-state index contributed by atoms with van der Waals surface area (Å²) in [4.78, 5) is 22.6. The maximum atomic E-state index is 11.6. The summed E-state index contributed by atoms with van der Waals surface area (Å²) in [6, 6.07) is 0. The second-order valence-corrected chi connectivity index (χ2v) is 4.36. The van der Waals surface area contributed by atoms with E-state index in [1.54, 1.807) is 0 Å². The first kappa shape index (κ1) is 14.9. The first-order valence-electron chi connectivity index (χ1n) is 5.54. The predicted molar refractivity (Wildman–Crippen MR) is 59.9 cm³/mol. The summed E-state index contributed by atoms with van der Waals surface area (Å²) in [6.07, 6.45) is 1.67. The van der Waals surface area contributed by atoms with Gasteiger partial charge in [-0.2, -0.15) is 0 Å². The summed E-state index contributed by atoms with van der Waals surface area (Å²) in [5.74, 6) is -2.16. The van der Waals surface area contributed by atoms with Crippen molar-refractivity contribution in [1.29, 1.82) is 0 Å². The highest BCUT2D eigenvalue weighted by Crippen LogP contribution is 2.16. The number of ether oxygens (including phenoxy) is 1. The molecule has 0 bridgehead atoms. The van der Waals surface area contributed by atoms with E-state index < -0.39 is 17.5 Å². The van der Waals surface area contributed by atoms with Gasteiger partial charge in [0.15, 0.2) is 0 Å². The third kappa shape index (κ3) is 4.18. The van der Waals surface area contributed by atoms with Crippen LogP contribution in [0, 0.1) is 5.92 Å². The highest BCUT2D eigenvalue weighted by molar-refractivity contribution is 6.03. The molecule has 94 valence electrons. The molecule has 0 aromatic heterocycles. The number of nitrogens with two attached hydrogens (primary N) is 1. The molecular weight excluding hydrogens is 210 g/mol. The molecular formula is C11H21NO4. The van der Waals surface area contributed by atoms with Gasteiger partial charge in [-0.25, -0.2) is 9.59 Å². The van der Waals surface area contributed by atoms with Crippen LogP contribution in [0.15, 0.2) is 0 Å². The Balaban J connectivity index is 4.51. The van der Waals surface area contributed by atoms with Crippen LogP contribution in [0.5, 0.6) is 0 Å². The van der Waals surface area contributed by atoms with Gasteiger partial charge in [0.2, 0.25) is 5.54 Å².